The summed E-state index contributed by atoms with van der Waals surface area (Å²) in [5.74, 6) is 0.414. The molecule has 0 unspecified atom stereocenters. The van der Waals surface area contributed by atoms with Gasteiger partial charge in [-0.1, -0.05) is 6.92 Å². The molecule has 6 nitrogen and oxygen atoms in total. The van der Waals surface area contributed by atoms with E-state index in [1.165, 1.54) is 12.3 Å². The lowest BCUT2D eigenvalue weighted by Gasteiger charge is -2.30. The molecule has 4 heterocycles. The normalized spacial score (nSPS) is 20.5. The van der Waals surface area contributed by atoms with Gasteiger partial charge in [0.05, 0.1) is 30.6 Å². The maximum absolute atomic E-state index is 13.6. The molecule has 0 aliphatic carbocycles. The Kier molecular flexibility index (Phi) is 4.09. The van der Waals surface area contributed by atoms with Crippen molar-refractivity contribution in [2.45, 2.75) is 38.3 Å². The second-order valence-corrected chi connectivity index (χ2v) is 6.35. The zero-order valence-corrected chi connectivity index (χ0v) is 14.0. The highest BCUT2D eigenvalue weighted by Gasteiger charge is 2.35. The number of hydrogen-bond acceptors (Lipinski definition) is 5. The van der Waals surface area contributed by atoms with Gasteiger partial charge in [0, 0.05) is 18.5 Å². The average Bonchev–Trinajstić information content (AvgIpc) is 3.24. The molecule has 1 N–H and O–H groups in total. The van der Waals surface area contributed by atoms with Crippen LogP contribution in [0.4, 0.5) is 10.2 Å². The van der Waals surface area contributed by atoms with E-state index in [-0.39, 0.29) is 24.5 Å². The van der Waals surface area contributed by atoms with E-state index in [0.717, 1.165) is 42.0 Å². The van der Waals surface area contributed by atoms with Gasteiger partial charge in [-0.25, -0.2) is 13.9 Å². The van der Waals surface area contributed by atoms with E-state index in [0.29, 0.717) is 0 Å². The minimum atomic E-state index is -0.350. The molecule has 2 atom stereocenters. The molecule has 3 aromatic rings. The molecule has 1 fully saturated rings. The molecule has 0 radical (unpaired) electrons. The summed E-state index contributed by atoms with van der Waals surface area (Å²) in [5, 5.41) is 14.2. The number of fused-ring (bicyclic) bond motifs is 1. The van der Waals surface area contributed by atoms with Crippen LogP contribution in [0.15, 0.2) is 36.8 Å². The van der Waals surface area contributed by atoms with Gasteiger partial charge >= 0.3 is 0 Å². The van der Waals surface area contributed by atoms with Crippen LogP contribution in [0, 0.1) is 5.82 Å². The predicted octanol–water partition coefficient (Wildman–Crippen LogP) is 2.53. The van der Waals surface area contributed by atoms with E-state index >= 15 is 0 Å². The van der Waals surface area contributed by atoms with Gasteiger partial charge in [-0.05, 0) is 37.0 Å². The number of halogens is 1. The van der Waals surface area contributed by atoms with Crippen molar-refractivity contribution in [2.75, 3.05) is 11.5 Å². The van der Waals surface area contributed by atoms with Crippen LogP contribution < -0.4 is 4.90 Å². The number of anilines is 1. The number of rotatable bonds is 4. The molecule has 1 aliphatic rings. The highest BCUT2D eigenvalue weighted by atomic mass is 19.1. The summed E-state index contributed by atoms with van der Waals surface area (Å²) in [6.45, 7) is 2.09. The number of aliphatic hydroxyl groups excluding tert-OH is 1. The first-order valence-corrected chi connectivity index (χ1v) is 8.54. The fraction of sp³-hybridized carbons (Fsp3) is 0.389. The summed E-state index contributed by atoms with van der Waals surface area (Å²) < 4.78 is 15.4. The first-order chi connectivity index (χ1) is 12.2. The van der Waals surface area contributed by atoms with Crippen LogP contribution in [0.1, 0.15) is 37.1 Å². The monoisotopic (exact) mass is 341 g/mol. The van der Waals surface area contributed by atoms with E-state index in [4.69, 9.17) is 4.98 Å². The first kappa shape index (κ1) is 16.0. The maximum Gasteiger partial charge on any atom is 0.157 e. The quantitative estimate of drug-likeness (QED) is 0.790. The van der Waals surface area contributed by atoms with Gasteiger partial charge in [0.2, 0.25) is 0 Å². The summed E-state index contributed by atoms with van der Waals surface area (Å²) in [6, 6.07) is 5.27. The van der Waals surface area contributed by atoms with Crippen molar-refractivity contribution in [3.63, 3.8) is 0 Å². The van der Waals surface area contributed by atoms with E-state index in [1.54, 1.807) is 10.7 Å². The number of aromatic nitrogens is 4. The minimum Gasteiger partial charge on any atom is -0.394 e. The zero-order chi connectivity index (χ0) is 17.4. The predicted molar refractivity (Wildman–Crippen MR) is 91.9 cm³/mol. The Bertz CT molecular complexity index is 896. The highest BCUT2D eigenvalue weighted by molar-refractivity contribution is 5.52. The second-order valence-electron chi connectivity index (χ2n) is 6.35. The van der Waals surface area contributed by atoms with Gasteiger partial charge in [-0.2, -0.15) is 5.10 Å². The third kappa shape index (κ3) is 2.84. The van der Waals surface area contributed by atoms with Gasteiger partial charge in [0.25, 0.3) is 0 Å². The molecule has 1 saturated heterocycles. The SMILES string of the molecule is CCc1cc2nc(N3[C@H](CO)CC[C@@H]3c3cncc(F)c3)ccn2n1. The highest BCUT2D eigenvalue weighted by Crippen LogP contribution is 2.39. The molecule has 7 heteroatoms. The molecular weight excluding hydrogens is 321 g/mol. The standard InChI is InChI=1S/C18H20FN5O/c1-2-14-8-18-21-17(5-6-23(18)22-14)24-15(11-25)3-4-16(24)12-7-13(19)10-20-9-12/h5-10,15-16,25H,2-4,11H2,1H3/t15-,16+/m0/s1. The molecule has 0 amide bonds. The summed E-state index contributed by atoms with van der Waals surface area (Å²) in [5.41, 5.74) is 2.56. The molecule has 25 heavy (non-hydrogen) atoms. The largest absolute Gasteiger partial charge is 0.394 e. The lowest BCUT2D eigenvalue weighted by atomic mass is 10.1. The van der Waals surface area contributed by atoms with Crippen molar-refractivity contribution in [3.05, 3.63) is 53.9 Å². The molecule has 1 aliphatic heterocycles. The van der Waals surface area contributed by atoms with E-state index in [2.05, 4.69) is 21.9 Å². The van der Waals surface area contributed by atoms with Crippen molar-refractivity contribution < 1.29 is 9.50 Å². The number of pyridine rings is 1. The summed E-state index contributed by atoms with van der Waals surface area (Å²) >= 11 is 0. The van der Waals surface area contributed by atoms with Gasteiger partial charge in [0.15, 0.2) is 5.65 Å². The van der Waals surface area contributed by atoms with Crippen LogP contribution >= 0.6 is 0 Å². The van der Waals surface area contributed by atoms with Crippen LogP contribution in [-0.2, 0) is 6.42 Å². The van der Waals surface area contributed by atoms with Crippen molar-refractivity contribution in [2.24, 2.45) is 0 Å². The number of aryl methyl sites for hydroxylation is 1. The second kappa shape index (κ2) is 6.40. The Morgan fingerprint density at radius 1 is 1.28 bits per heavy atom. The van der Waals surface area contributed by atoms with Crippen molar-refractivity contribution in [3.8, 4) is 0 Å². The lowest BCUT2D eigenvalue weighted by Crippen LogP contribution is -2.35. The lowest BCUT2D eigenvalue weighted by molar-refractivity contribution is 0.264. The fourth-order valence-electron chi connectivity index (χ4n) is 3.58. The van der Waals surface area contributed by atoms with Gasteiger partial charge in [0.1, 0.15) is 11.6 Å². The van der Waals surface area contributed by atoms with E-state index in [1.807, 2.05) is 18.3 Å². The van der Waals surface area contributed by atoms with Crippen molar-refractivity contribution >= 4 is 11.5 Å². The summed E-state index contributed by atoms with van der Waals surface area (Å²) in [4.78, 5) is 10.8. The Morgan fingerprint density at radius 2 is 2.16 bits per heavy atom. The third-order valence-electron chi connectivity index (χ3n) is 4.81. The molecule has 0 saturated carbocycles. The smallest absolute Gasteiger partial charge is 0.157 e. The molecule has 130 valence electrons. The first-order valence-electron chi connectivity index (χ1n) is 8.54. The van der Waals surface area contributed by atoms with E-state index in [9.17, 15) is 9.50 Å². The van der Waals surface area contributed by atoms with Gasteiger partial charge in [-0.15, -0.1) is 0 Å². The topological polar surface area (TPSA) is 66.5 Å². The number of nitrogens with zero attached hydrogens (tertiary/aromatic N) is 5. The molecule has 0 aromatic carbocycles. The maximum atomic E-state index is 13.6. The third-order valence-corrected chi connectivity index (χ3v) is 4.81. The van der Waals surface area contributed by atoms with Crippen LogP contribution in [0.5, 0.6) is 0 Å². The molecule has 3 aromatic heterocycles. The Hall–Kier alpha value is -2.54. The average molecular weight is 341 g/mol. The molecule has 0 spiro atoms. The summed E-state index contributed by atoms with van der Waals surface area (Å²) in [6.07, 6.45) is 7.26. The molecule has 4 rings (SSSR count). The van der Waals surface area contributed by atoms with Gasteiger partial charge < -0.3 is 10.0 Å². The van der Waals surface area contributed by atoms with Crippen molar-refractivity contribution in [1.29, 1.82) is 0 Å². The van der Waals surface area contributed by atoms with Crippen LogP contribution in [0.2, 0.25) is 0 Å². The zero-order valence-electron chi connectivity index (χ0n) is 14.0. The Labute approximate surface area is 145 Å². The molecule has 0 bridgehead atoms. The Balaban J connectivity index is 1.76. The summed E-state index contributed by atoms with van der Waals surface area (Å²) in [7, 11) is 0. The van der Waals surface area contributed by atoms with Gasteiger partial charge in [-0.3, -0.25) is 4.98 Å². The van der Waals surface area contributed by atoms with Crippen LogP contribution in [0.3, 0.4) is 0 Å². The fourth-order valence-corrected chi connectivity index (χ4v) is 3.58. The van der Waals surface area contributed by atoms with Crippen LogP contribution in [0.25, 0.3) is 5.65 Å². The number of hydrogen-bond donors (Lipinski definition) is 1. The minimum absolute atomic E-state index is 0.0333. The van der Waals surface area contributed by atoms with Crippen molar-refractivity contribution in [1.82, 2.24) is 19.6 Å². The van der Waals surface area contributed by atoms with Crippen LogP contribution in [-0.4, -0.2) is 37.3 Å². The Morgan fingerprint density at radius 3 is 2.92 bits per heavy atom. The molecular formula is C18H20FN5O. The number of aliphatic hydroxyl groups is 1. The van der Waals surface area contributed by atoms with E-state index < -0.39 is 0 Å².